The van der Waals surface area contributed by atoms with E-state index in [1.54, 1.807) is 65.6 Å². The molecule has 1 aliphatic carbocycles. The molecule has 1 fully saturated rings. The first-order valence-corrected chi connectivity index (χ1v) is 12.7. The van der Waals surface area contributed by atoms with Crippen molar-refractivity contribution in [3.63, 3.8) is 0 Å². The summed E-state index contributed by atoms with van der Waals surface area (Å²) in [5.41, 5.74) is 2.53. The molecule has 12 heteroatoms. The van der Waals surface area contributed by atoms with Gasteiger partial charge >= 0.3 is 0 Å². The van der Waals surface area contributed by atoms with Crippen LogP contribution < -0.4 is 10.6 Å². The minimum Gasteiger partial charge on any atom is -0.326 e. The molecule has 0 saturated heterocycles. The standard InChI is InChI=1S/C25H16Cl5N5O2/c26-14-9-13(10-15(27)11-14)21-22(25(21,29)30)24(37)33-17-3-6-20(28)19(12-17)23(36)32-16-1-4-18(5-2-16)35-8-7-31-34-35/h1-12,21-22H,(H,32,36)(H,33,37)/t21-,22+/m1/s1. The van der Waals surface area contributed by atoms with Crippen LogP contribution in [0.3, 0.4) is 0 Å². The third-order valence-electron chi connectivity index (χ3n) is 5.87. The Balaban J connectivity index is 1.29. The van der Waals surface area contributed by atoms with E-state index in [1.807, 2.05) is 0 Å². The molecule has 4 aromatic rings. The van der Waals surface area contributed by atoms with Gasteiger partial charge in [-0.1, -0.05) is 40.0 Å². The first-order chi connectivity index (χ1) is 17.6. The zero-order chi connectivity index (χ0) is 26.3. The van der Waals surface area contributed by atoms with Gasteiger partial charge in [-0.05, 0) is 66.2 Å². The second-order valence-corrected chi connectivity index (χ2v) is 11.1. The van der Waals surface area contributed by atoms with Crippen molar-refractivity contribution in [1.82, 2.24) is 15.0 Å². The predicted octanol–water partition coefficient (Wildman–Crippen LogP) is 7.01. The summed E-state index contributed by atoms with van der Waals surface area (Å²) in [5.74, 6) is -2.11. The molecule has 5 rings (SSSR count). The Labute approximate surface area is 236 Å². The maximum atomic E-state index is 13.0. The monoisotopic (exact) mass is 593 g/mol. The molecule has 1 saturated carbocycles. The maximum Gasteiger partial charge on any atom is 0.257 e. The molecule has 1 aromatic heterocycles. The van der Waals surface area contributed by atoms with Crippen LogP contribution in [-0.4, -0.2) is 31.1 Å². The number of alkyl halides is 2. The van der Waals surface area contributed by atoms with Gasteiger partial charge in [-0.3, -0.25) is 9.59 Å². The number of halogens is 5. The van der Waals surface area contributed by atoms with Crippen molar-refractivity contribution in [2.45, 2.75) is 10.3 Å². The molecular formula is C25H16Cl5N5O2. The molecule has 0 unspecified atom stereocenters. The van der Waals surface area contributed by atoms with Crippen molar-refractivity contribution in [1.29, 1.82) is 0 Å². The minimum absolute atomic E-state index is 0.178. The van der Waals surface area contributed by atoms with Gasteiger partial charge in [0.25, 0.3) is 5.91 Å². The number of benzene rings is 3. The average molecular weight is 596 g/mol. The third kappa shape index (κ3) is 5.42. The lowest BCUT2D eigenvalue weighted by Crippen LogP contribution is -2.18. The molecule has 1 heterocycles. The van der Waals surface area contributed by atoms with Gasteiger partial charge in [0.05, 0.1) is 34.6 Å². The van der Waals surface area contributed by atoms with Crippen LogP contribution in [0.2, 0.25) is 15.1 Å². The maximum absolute atomic E-state index is 13.0. The van der Waals surface area contributed by atoms with Crippen LogP contribution in [0.5, 0.6) is 0 Å². The first-order valence-electron chi connectivity index (χ1n) is 10.9. The summed E-state index contributed by atoms with van der Waals surface area (Å²) >= 11 is 31.3. The van der Waals surface area contributed by atoms with Crippen molar-refractivity contribution in [3.05, 3.63) is 99.3 Å². The van der Waals surface area contributed by atoms with E-state index in [9.17, 15) is 9.59 Å². The fourth-order valence-corrected chi connectivity index (χ4v) is 5.64. The Kier molecular flexibility index (Phi) is 7.09. The normalized spacial score (nSPS) is 17.8. The molecule has 0 radical (unpaired) electrons. The van der Waals surface area contributed by atoms with Gasteiger partial charge in [-0.2, -0.15) is 0 Å². The topological polar surface area (TPSA) is 88.9 Å². The van der Waals surface area contributed by atoms with E-state index >= 15 is 0 Å². The Hall–Kier alpha value is -2.81. The summed E-state index contributed by atoms with van der Waals surface area (Å²) in [7, 11) is 0. The van der Waals surface area contributed by atoms with Gasteiger partial charge in [-0.15, -0.1) is 28.3 Å². The summed E-state index contributed by atoms with van der Waals surface area (Å²) < 4.78 is 0.263. The SMILES string of the molecule is O=C(Nc1ccc(-n2ccnn2)cc1)c1cc(NC(=O)[C@@H]2[C@@H](c3cc(Cl)cc(Cl)c3)C2(Cl)Cl)ccc1Cl. The molecule has 7 nitrogen and oxygen atoms in total. The van der Waals surface area contributed by atoms with Crippen LogP contribution in [0.25, 0.3) is 5.69 Å². The van der Waals surface area contributed by atoms with E-state index in [4.69, 9.17) is 58.0 Å². The number of hydrogen-bond donors (Lipinski definition) is 2. The molecule has 0 spiro atoms. The highest BCUT2D eigenvalue weighted by Gasteiger charge is 2.67. The van der Waals surface area contributed by atoms with Gasteiger partial charge in [0.15, 0.2) is 0 Å². The fraction of sp³-hybridized carbons (Fsp3) is 0.120. The Bertz CT molecular complexity index is 1470. The summed E-state index contributed by atoms with van der Waals surface area (Å²) in [6.07, 6.45) is 3.28. The number of carbonyl (C=O) groups is 2. The van der Waals surface area contributed by atoms with Crippen LogP contribution in [0.4, 0.5) is 11.4 Å². The van der Waals surface area contributed by atoms with Crippen molar-refractivity contribution in [3.8, 4) is 5.69 Å². The molecule has 2 amide bonds. The second-order valence-electron chi connectivity index (χ2n) is 8.37. The third-order valence-corrected chi connectivity index (χ3v) is 7.58. The molecule has 188 valence electrons. The quantitative estimate of drug-likeness (QED) is 0.235. The number of aromatic nitrogens is 3. The van der Waals surface area contributed by atoms with Crippen molar-refractivity contribution >= 4 is 81.2 Å². The molecule has 2 N–H and O–H groups in total. The summed E-state index contributed by atoms with van der Waals surface area (Å²) in [5, 5.41) is 14.3. The number of rotatable bonds is 6. The molecule has 1 aliphatic rings. The first kappa shape index (κ1) is 25.8. The minimum atomic E-state index is -1.33. The van der Waals surface area contributed by atoms with Gasteiger partial charge < -0.3 is 10.6 Å². The van der Waals surface area contributed by atoms with Crippen molar-refractivity contribution in [2.24, 2.45) is 5.92 Å². The lowest BCUT2D eigenvalue weighted by molar-refractivity contribution is -0.117. The largest absolute Gasteiger partial charge is 0.326 e. The van der Waals surface area contributed by atoms with E-state index in [-0.39, 0.29) is 10.6 Å². The molecule has 3 aromatic carbocycles. The molecule has 0 aliphatic heterocycles. The molecule has 2 atom stereocenters. The van der Waals surface area contributed by atoms with E-state index in [0.717, 1.165) is 5.69 Å². The molecular weight excluding hydrogens is 580 g/mol. The second kappa shape index (κ2) is 10.2. The number of amides is 2. The Morgan fingerprint density at radius 3 is 2.19 bits per heavy atom. The fourth-order valence-electron chi connectivity index (χ4n) is 4.06. The van der Waals surface area contributed by atoms with Gasteiger partial charge in [0.1, 0.15) is 4.33 Å². The molecule has 0 bridgehead atoms. The average Bonchev–Trinajstić information content (AvgIpc) is 3.16. The predicted molar refractivity (Wildman–Crippen MR) is 147 cm³/mol. The number of nitrogens with zero attached hydrogens (tertiary/aromatic N) is 3. The zero-order valence-electron chi connectivity index (χ0n) is 18.6. The number of hydrogen-bond acceptors (Lipinski definition) is 4. The summed E-state index contributed by atoms with van der Waals surface area (Å²) in [6.45, 7) is 0. The highest BCUT2D eigenvalue weighted by atomic mass is 35.5. The number of nitrogens with one attached hydrogen (secondary N) is 2. The van der Waals surface area contributed by atoms with Gasteiger partial charge in [-0.25, -0.2) is 4.68 Å². The summed E-state index contributed by atoms with van der Waals surface area (Å²) in [4.78, 5) is 26.0. The zero-order valence-corrected chi connectivity index (χ0v) is 22.4. The highest BCUT2D eigenvalue weighted by molar-refractivity contribution is 6.53. The summed E-state index contributed by atoms with van der Waals surface area (Å²) in [6, 6.07) is 16.5. The number of carbonyl (C=O) groups excluding carboxylic acids is 2. The van der Waals surface area contributed by atoms with Crippen LogP contribution >= 0.6 is 58.0 Å². The van der Waals surface area contributed by atoms with E-state index in [0.29, 0.717) is 27.0 Å². The van der Waals surface area contributed by atoms with Crippen LogP contribution in [-0.2, 0) is 4.79 Å². The Morgan fingerprint density at radius 2 is 1.54 bits per heavy atom. The van der Waals surface area contributed by atoms with Crippen LogP contribution in [0.1, 0.15) is 21.8 Å². The lowest BCUT2D eigenvalue weighted by Gasteiger charge is -2.11. The number of anilines is 2. The van der Waals surface area contributed by atoms with Crippen LogP contribution in [0, 0.1) is 5.92 Å². The van der Waals surface area contributed by atoms with Crippen molar-refractivity contribution in [2.75, 3.05) is 10.6 Å². The lowest BCUT2D eigenvalue weighted by atomic mass is 10.1. The van der Waals surface area contributed by atoms with Gasteiger partial charge in [0.2, 0.25) is 5.91 Å². The van der Waals surface area contributed by atoms with Crippen LogP contribution in [0.15, 0.2) is 73.1 Å². The molecule has 37 heavy (non-hydrogen) atoms. The van der Waals surface area contributed by atoms with E-state index < -0.39 is 28.0 Å². The Morgan fingerprint density at radius 1 is 0.865 bits per heavy atom. The smallest absolute Gasteiger partial charge is 0.257 e. The van der Waals surface area contributed by atoms with E-state index in [1.165, 1.54) is 12.1 Å². The van der Waals surface area contributed by atoms with Gasteiger partial charge in [0, 0.05) is 27.3 Å². The van der Waals surface area contributed by atoms with E-state index in [2.05, 4.69) is 20.9 Å². The van der Waals surface area contributed by atoms with Crippen molar-refractivity contribution < 1.29 is 9.59 Å². The highest BCUT2D eigenvalue weighted by Crippen LogP contribution is 2.65.